The van der Waals surface area contributed by atoms with Crippen molar-refractivity contribution >= 4 is 11.9 Å². The maximum Gasteiger partial charge on any atom is 0.319 e. The van der Waals surface area contributed by atoms with Crippen LogP contribution in [0.1, 0.15) is 40.5 Å². The number of carbonyl (C=O) groups excluding carboxylic acids is 2. The first-order chi connectivity index (χ1) is 11.2. The molecule has 0 unspecified atom stereocenters. The number of allylic oxidation sites excluding steroid dienone is 2. The summed E-state index contributed by atoms with van der Waals surface area (Å²) in [4.78, 5) is 25.7. The van der Waals surface area contributed by atoms with E-state index in [1.54, 1.807) is 6.92 Å². The highest BCUT2D eigenvalue weighted by molar-refractivity contribution is 5.86. The largest absolute Gasteiger partial charge is 0.452 e. The van der Waals surface area contributed by atoms with Gasteiger partial charge in [0, 0.05) is 11.3 Å². The van der Waals surface area contributed by atoms with Crippen LogP contribution in [0.4, 0.5) is 0 Å². The van der Waals surface area contributed by atoms with Gasteiger partial charge in [0.15, 0.2) is 5.60 Å². The fourth-order valence-electron chi connectivity index (χ4n) is 5.62. The van der Waals surface area contributed by atoms with Crippen molar-refractivity contribution in [3.8, 4) is 0 Å². The summed E-state index contributed by atoms with van der Waals surface area (Å²) in [7, 11) is 0. The van der Waals surface area contributed by atoms with E-state index in [4.69, 9.17) is 9.47 Å². The molecule has 2 bridgehead atoms. The molecule has 2 fully saturated rings. The number of rotatable bonds is 1. The van der Waals surface area contributed by atoms with Gasteiger partial charge in [0.25, 0.3) is 0 Å². The van der Waals surface area contributed by atoms with Crippen molar-refractivity contribution in [2.75, 3.05) is 0 Å². The van der Waals surface area contributed by atoms with Gasteiger partial charge >= 0.3 is 11.9 Å². The summed E-state index contributed by atoms with van der Waals surface area (Å²) in [6, 6.07) is 0. The van der Waals surface area contributed by atoms with E-state index in [1.165, 1.54) is 0 Å². The Kier molecular flexibility index (Phi) is 2.88. The third-order valence-electron chi connectivity index (χ3n) is 6.92. The molecule has 0 amide bonds. The predicted molar refractivity (Wildman–Crippen MR) is 88.5 cm³/mol. The van der Waals surface area contributed by atoms with Gasteiger partial charge in [0.1, 0.15) is 11.7 Å². The molecule has 1 saturated heterocycles. The summed E-state index contributed by atoms with van der Waals surface area (Å²) in [6.07, 6.45) is 7.46. The van der Waals surface area contributed by atoms with E-state index in [1.807, 2.05) is 25.2 Å². The van der Waals surface area contributed by atoms with Gasteiger partial charge in [-0.05, 0) is 36.8 Å². The van der Waals surface area contributed by atoms with E-state index < -0.39 is 16.9 Å². The van der Waals surface area contributed by atoms with E-state index in [-0.39, 0.29) is 29.2 Å². The number of ether oxygens (including phenoxy) is 2. The molecule has 0 N–H and O–H groups in total. The second-order valence-electron chi connectivity index (χ2n) is 8.55. The van der Waals surface area contributed by atoms with Crippen molar-refractivity contribution in [3.63, 3.8) is 0 Å². The molecule has 128 valence electrons. The van der Waals surface area contributed by atoms with Gasteiger partial charge in [0.05, 0.1) is 5.92 Å². The first kappa shape index (κ1) is 15.7. The Morgan fingerprint density at radius 2 is 1.96 bits per heavy atom. The molecular formula is C20H24O4. The summed E-state index contributed by atoms with van der Waals surface area (Å²) in [5.74, 6) is -0.722. The fraction of sp³-hybridized carbons (Fsp3) is 0.600. The van der Waals surface area contributed by atoms with Gasteiger partial charge in [-0.15, -0.1) is 6.58 Å². The lowest BCUT2D eigenvalue weighted by Gasteiger charge is -2.64. The number of carbonyl (C=O) groups is 2. The minimum absolute atomic E-state index is 0.0976. The fourth-order valence-corrected chi connectivity index (χ4v) is 5.62. The standard InChI is InChI=1S/C20H24O4/c1-6-19(5)8-7-14-18(3,4)13-10-12-9-11(2)23-17(22)15(19)20(12,14)24-16(13)21/h6,9-10,13-15H,1,7-8H2,2-5H3/t13-,14+,15+,19-,20-/m1/s1. The summed E-state index contributed by atoms with van der Waals surface area (Å²) in [6.45, 7) is 12.0. The van der Waals surface area contributed by atoms with Crippen LogP contribution in [0.5, 0.6) is 0 Å². The zero-order chi connectivity index (χ0) is 17.5. The number of hydrogen-bond acceptors (Lipinski definition) is 4. The molecule has 0 aromatic heterocycles. The Hall–Kier alpha value is -1.84. The van der Waals surface area contributed by atoms with Gasteiger partial charge < -0.3 is 9.47 Å². The molecule has 1 spiro atoms. The average Bonchev–Trinajstić information content (AvgIpc) is 2.58. The maximum absolute atomic E-state index is 13.0. The average molecular weight is 328 g/mol. The third kappa shape index (κ3) is 1.59. The van der Waals surface area contributed by atoms with Crippen molar-refractivity contribution in [2.24, 2.45) is 28.6 Å². The summed E-state index contributed by atoms with van der Waals surface area (Å²) < 4.78 is 11.7. The molecule has 0 aromatic rings. The first-order valence-electron chi connectivity index (χ1n) is 8.65. The van der Waals surface area contributed by atoms with Crippen LogP contribution in [-0.2, 0) is 19.1 Å². The second kappa shape index (κ2) is 4.41. The number of esters is 2. The normalized spacial score (nSPS) is 45.2. The Morgan fingerprint density at radius 3 is 2.62 bits per heavy atom. The van der Waals surface area contributed by atoms with Crippen LogP contribution in [0.3, 0.4) is 0 Å². The van der Waals surface area contributed by atoms with E-state index in [9.17, 15) is 9.59 Å². The molecule has 3 aliphatic heterocycles. The van der Waals surface area contributed by atoms with Gasteiger partial charge in [-0.25, -0.2) is 0 Å². The molecular weight excluding hydrogens is 304 g/mol. The third-order valence-corrected chi connectivity index (χ3v) is 6.92. The van der Waals surface area contributed by atoms with Crippen molar-refractivity contribution in [2.45, 2.75) is 46.1 Å². The summed E-state index contributed by atoms with van der Waals surface area (Å²) >= 11 is 0. The van der Waals surface area contributed by atoms with Crippen molar-refractivity contribution in [1.82, 2.24) is 0 Å². The molecule has 5 rings (SSSR count). The van der Waals surface area contributed by atoms with Crippen LogP contribution in [0, 0.1) is 28.6 Å². The summed E-state index contributed by atoms with van der Waals surface area (Å²) in [5, 5.41) is 0. The van der Waals surface area contributed by atoms with Crippen LogP contribution < -0.4 is 0 Å². The van der Waals surface area contributed by atoms with E-state index in [0.29, 0.717) is 5.76 Å². The predicted octanol–water partition coefficient (Wildman–Crippen LogP) is 3.54. The SMILES string of the molecule is C=C[C@]1(C)CC[C@H]2C(C)(C)[C@@H]3C=C4C=C(C)OC(=O)[C@@H]1[C@@]42OC3=O. The number of fused-ring (bicyclic) bond motifs is 1. The van der Waals surface area contributed by atoms with Crippen LogP contribution in [-0.4, -0.2) is 17.5 Å². The van der Waals surface area contributed by atoms with Crippen molar-refractivity contribution < 1.29 is 19.1 Å². The quantitative estimate of drug-likeness (QED) is 0.546. The van der Waals surface area contributed by atoms with E-state index in [2.05, 4.69) is 20.4 Å². The van der Waals surface area contributed by atoms with Crippen molar-refractivity contribution in [3.05, 3.63) is 36.1 Å². The topological polar surface area (TPSA) is 52.6 Å². The Balaban J connectivity index is 2.05. The van der Waals surface area contributed by atoms with Crippen LogP contribution >= 0.6 is 0 Å². The second-order valence-corrected chi connectivity index (χ2v) is 8.55. The molecule has 4 nitrogen and oxygen atoms in total. The molecule has 3 heterocycles. The lowest BCUT2D eigenvalue weighted by molar-refractivity contribution is -0.232. The molecule has 5 atom stereocenters. The van der Waals surface area contributed by atoms with Crippen LogP contribution in [0.15, 0.2) is 36.1 Å². The molecule has 0 aromatic carbocycles. The Bertz CT molecular complexity index is 728. The van der Waals surface area contributed by atoms with Gasteiger partial charge in [-0.3, -0.25) is 9.59 Å². The van der Waals surface area contributed by atoms with E-state index >= 15 is 0 Å². The monoisotopic (exact) mass is 328 g/mol. The Labute approximate surface area is 142 Å². The highest BCUT2D eigenvalue weighted by atomic mass is 16.6. The van der Waals surface area contributed by atoms with Gasteiger partial charge in [-0.2, -0.15) is 0 Å². The molecule has 0 radical (unpaired) electrons. The van der Waals surface area contributed by atoms with Crippen LogP contribution in [0.2, 0.25) is 0 Å². The van der Waals surface area contributed by atoms with Crippen molar-refractivity contribution in [1.29, 1.82) is 0 Å². The molecule has 1 saturated carbocycles. The smallest absolute Gasteiger partial charge is 0.319 e. The number of hydrogen-bond donors (Lipinski definition) is 0. The first-order valence-corrected chi connectivity index (χ1v) is 8.65. The lowest BCUT2D eigenvalue weighted by Crippen LogP contribution is -2.70. The van der Waals surface area contributed by atoms with Crippen LogP contribution in [0.25, 0.3) is 0 Å². The minimum atomic E-state index is -0.939. The van der Waals surface area contributed by atoms with Gasteiger partial charge in [-0.1, -0.05) is 32.9 Å². The zero-order valence-electron chi connectivity index (χ0n) is 14.7. The van der Waals surface area contributed by atoms with E-state index in [0.717, 1.165) is 18.4 Å². The van der Waals surface area contributed by atoms with Gasteiger partial charge in [0.2, 0.25) is 0 Å². The zero-order valence-corrected chi connectivity index (χ0v) is 14.7. The minimum Gasteiger partial charge on any atom is -0.452 e. The molecule has 5 aliphatic rings. The highest BCUT2D eigenvalue weighted by Gasteiger charge is 2.72. The highest BCUT2D eigenvalue weighted by Crippen LogP contribution is 2.67. The molecule has 24 heavy (non-hydrogen) atoms. The lowest BCUT2D eigenvalue weighted by atomic mass is 9.44. The maximum atomic E-state index is 13.0. The molecule has 4 heteroatoms. The molecule has 2 aliphatic carbocycles. The summed E-state index contributed by atoms with van der Waals surface area (Å²) in [5.41, 5.74) is -0.722. The number of cyclic esters (lactones) is 1. The Morgan fingerprint density at radius 1 is 1.25 bits per heavy atom.